The van der Waals surface area contributed by atoms with Gasteiger partial charge in [0.15, 0.2) is 5.58 Å². The second-order valence-corrected chi connectivity index (χ2v) is 15.7. The molecular formula is C51H33N3O. The molecule has 4 nitrogen and oxygen atoms in total. The smallest absolute Gasteiger partial charge is 0.159 e. The van der Waals surface area contributed by atoms with Crippen molar-refractivity contribution in [3.05, 3.63) is 175 Å². The minimum absolute atomic E-state index is 0.144. The average Bonchev–Trinajstić information content (AvgIpc) is 3.94. The lowest BCUT2D eigenvalue weighted by Gasteiger charge is -2.28. The number of hydrogen-bond acceptors (Lipinski definition) is 2. The summed E-state index contributed by atoms with van der Waals surface area (Å²) in [4.78, 5) is 2.41. The highest BCUT2D eigenvalue weighted by Crippen LogP contribution is 2.52. The van der Waals surface area contributed by atoms with Crippen LogP contribution in [-0.2, 0) is 5.41 Å². The lowest BCUT2D eigenvalue weighted by Crippen LogP contribution is -2.16. The fourth-order valence-electron chi connectivity index (χ4n) is 10.2. The van der Waals surface area contributed by atoms with E-state index >= 15 is 0 Å². The molecule has 0 N–H and O–H groups in total. The highest BCUT2D eigenvalue weighted by Gasteiger charge is 2.36. The van der Waals surface area contributed by atoms with Crippen molar-refractivity contribution < 1.29 is 4.42 Å². The van der Waals surface area contributed by atoms with Crippen molar-refractivity contribution in [2.45, 2.75) is 19.3 Å². The summed E-state index contributed by atoms with van der Waals surface area (Å²) in [6.45, 7) is 4.71. The zero-order valence-corrected chi connectivity index (χ0v) is 30.3. The number of rotatable bonds is 3. The van der Waals surface area contributed by atoms with Gasteiger partial charge in [0.25, 0.3) is 0 Å². The maximum absolute atomic E-state index is 6.77. The van der Waals surface area contributed by atoms with Crippen molar-refractivity contribution in [2.24, 2.45) is 0 Å². The van der Waals surface area contributed by atoms with Gasteiger partial charge >= 0.3 is 0 Å². The number of aromatic nitrogens is 2. The number of nitrogens with zero attached hydrogens (tertiary/aromatic N) is 3. The number of benzene rings is 8. The third-order valence-corrected chi connectivity index (χ3v) is 12.6. The molecular weight excluding hydrogens is 671 g/mol. The molecule has 1 aliphatic carbocycles. The van der Waals surface area contributed by atoms with E-state index in [1.807, 2.05) is 6.07 Å². The highest BCUT2D eigenvalue weighted by atomic mass is 16.3. The van der Waals surface area contributed by atoms with Crippen LogP contribution in [0.25, 0.3) is 87.7 Å². The largest absolute Gasteiger partial charge is 0.454 e. The summed E-state index contributed by atoms with van der Waals surface area (Å²) in [5, 5.41) is 7.32. The molecule has 0 aliphatic heterocycles. The van der Waals surface area contributed by atoms with Crippen LogP contribution in [0.15, 0.2) is 168 Å². The molecule has 258 valence electrons. The minimum atomic E-state index is -0.144. The Bertz CT molecular complexity index is 3590. The molecule has 1 aliphatic rings. The Morgan fingerprint density at radius 3 is 1.82 bits per heavy atom. The van der Waals surface area contributed by atoms with E-state index in [4.69, 9.17) is 4.42 Å². The van der Waals surface area contributed by atoms with Crippen molar-refractivity contribution in [1.29, 1.82) is 0 Å². The van der Waals surface area contributed by atoms with Crippen molar-refractivity contribution in [3.63, 3.8) is 0 Å². The molecule has 13 rings (SSSR count). The number of furan rings is 1. The van der Waals surface area contributed by atoms with Gasteiger partial charge in [0.05, 0.1) is 38.8 Å². The summed E-state index contributed by atoms with van der Waals surface area (Å²) in [6, 6.07) is 60.2. The summed E-state index contributed by atoms with van der Waals surface area (Å²) in [5.41, 5.74) is 17.4. The predicted octanol–water partition coefficient (Wildman–Crippen LogP) is 13.9. The molecule has 0 saturated heterocycles. The van der Waals surface area contributed by atoms with Gasteiger partial charge in [0.1, 0.15) is 5.58 Å². The normalized spacial score (nSPS) is 13.8. The molecule has 0 saturated carbocycles. The van der Waals surface area contributed by atoms with E-state index in [9.17, 15) is 0 Å². The van der Waals surface area contributed by atoms with Crippen LogP contribution < -0.4 is 4.90 Å². The Kier molecular flexibility index (Phi) is 5.42. The van der Waals surface area contributed by atoms with E-state index in [2.05, 4.69) is 185 Å². The Labute approximate surface area is 316 Å². The molecule has 55 heavy (non-hydrogen) atoms. The fraction of sp³-hybridized carbons (Fsp3) is 0.0588. The molecule has 0 atom stereocenters. The molecule has 0 fully saturated rings. The van der Waals surface area contributed by atoms with Crippen molar-refractivity contribution >= 4 is 93.6 Å². The first-order chi connectivity index (χ1) is 27.1. The second kappa shape index (κ2) is 10.1. The van der Waals surface area contributed by atoms with Crippen LogP contribution in [-0.4, -0.2) is 8.80 Å². The number of anilines is 3. The fourth-order valence-corrected chi connectivity index (χ4v) is 10.2. The average molecular weight is 704 g/mol. The summed E-state index contributed by atoms with van der Waals surface area (Å²) in [5.74, 6) is 0. The van der Waals surface area contributed by atoms with E-state index in [0.717, 1.165) is 44.5 Å². The molecule has 0 bridgehead atoms. The van der Waals surface area contributed by atoms with E-state index in [0.29, 0.717) is 0 Å². The third kappa shape index (κ3) is 3.62. The van der Waals surface area contributed by atoms with Crippen molar-refractivity contribution in [3.8, 4) is 11.1 Å². The van der Waals surface area contributed by atoms with Gasteiger partial charge in [-0.2, -0.15) is 0 Å². The van der Waals surface area contributed by atoms with E-state index in [1.54, 1.807) is 0 Å². The molecule has 8 aromatic carbocycles. The van der Waals surface area contributed by atoms with Crippen LogP contribution in [0.2, 0.25) is 0 Å². The second-order valence-electron chi connectivity index (χ2n) is 15.7. The highest BCUT2D eigenvalue weighted by molar-refractivity contribution is 6.25. The number of hydrogen-bond donors (Lipinski definition) is 0. The van der Waals surface area contributed by atoms with Crippen molar-refractivity contribution in [1.82, 2.24) is 8.80 Å². The lowest BCUT2D eigenvalue weighted by molar-refractivity contribution is 0.660. The zero-order valence-electron chi connectivity index (χ0n) is 30.3. The standard InChI is InChI=1S/C51H33N3O/c1-51(2)40-17-7-3-12-32(40)33-24-22-30(28-41(33)51)52(45-20-11-16-39-36-15-6-10-21-47(36)55-50(39)45)31-23-27-44-46(29-31)54-43-19-9-5-14-35(43)38-26-25-37-34-13-4-8-18-42(34)53(44)48(37)49(38)54/h3-29H,1-2H3. The van der Waals surface area contributed by atoms with Gasteiger partial charge in [-0.1, -0.05) is 123 Å². The van der Waals surface area contributed by atoms with Gasteiger partial charge < -0.3 is 18.1 Å². The molecule has 4 heterocycles. The van der Waals surface area contributed by atoms with Crippen LogP contribution in [0.3, 0.4) is 0 Å². The van der Waals surface area contributed by atoms with Crippen molar-refractivity contribution in [2.75, 3.05) is 4.90 Å². The van der Waals surface area contributed by atoms with Gasteiger partial charge in [-0.25, -0.2) is 0 Å². The molecule has 4 heteroatoms. The quantitative estimate of drug-likeness (QED) is 0.171. The summed E-state index contributed by atoms with van der Waals surface area (Å²) in [6.07, 6.45) is 0. The Balaban J connectivity index is 1.16. The minimum Gasteiger partial charge on any atom is -0.454 e. The number of fused-ring (bicyclic) bond motifs is 15. The Morgan fingerprint density at radius 2 is 1.04 bits per heavy atom. The van der Waals surface area contributed by atoms with E-state index in [-0.39, 0.29) is 5.41 Å². The predicted molar refractivity (Wildman–Crippen MR) is 229 cm³/mol. The molecule has 0 radical (unpaired) electrons. The van der Waals surface area contributed by atoms with Crippen LogP contribution in [0.1, 0.15) is 25.0 Å². The number of para-hydroxylation sites is 4. The Morgan fingerprint density at radius 1 is 0.436 bits per heavy atom. The SMILES string of the molecule is CC1(C)c2ccccc2-c2ccc(N(c3ccc4c(c3)n3c5ccccc5c5ccc6c7ccccc7n4c6c53)c3cccc4c3oc3ccccc34)cc21. The van der Waals surface area contributed by atoms with Gasteiger partial charge in [-0.15, -0.1) is 0 Å². The topological polar surface area (TPSA) is 25.2 Å². The Hall–Kier alpha value is -7.04. The van der Waals surface area contributed by atoms with Crippen LogP contribution in [0, 0.1) is 0 Å². The summed E-state index contributed by atoms with van der Waals surface area (Å²) < 4.78 is 11.8. The van der Waals surface area contributed by atoms with Gasteiger partial charge in [0, 0.05) is 49.1 Å². The monoisotopic (exact) mass is 703 g/mol. The molecule has 0 unspecified atom stereocenters. The first kappa shape index (κ1) is 29.4. The maximum Gasteiger partial charge on any atom is 0.159 e. The zero-order chi connectivity index (χ0) is 36.2. The third-order valence-electron chi connectivity index (χ3n) is 12.6. The maximum atomic E-state index is 6.77. The molecule has 0 amide bonds. The molecule has 4 aromatic heterocycles. The van der Waals surface area contributed by atoms with Gasteiger partial charge in [-0.05, 0) is 76.9 Å². The van der Waals surface area contributed by atoms with Crippen LogP contribution >= 0.6 is 0 Å². The van der Waals surface area contributed by atoms with Crippen LogP contribution in [0.5, 0.6) is 0 Å². The molecule has 12 aromatic rings. The van der Waals surface area contributed by atoms with Crippen LogP contribution in [0.4, 0.5) is 17.1 Å². The summed E-state index contributed by atoms with van der Waals surface area (Å²) in [7, 11) is 0. The first-order valence-corrected chi connectivity index (χ1v) is 19.1. The van der Waals surface area contributed by atoms with E-state index in [1.165, 1.54) is 71.4 Å². The van der Waals surface area contributed by atoms with Gasteiger partial charge in [-0.3, -0.25) is 0 Å². The first-order valence-electron chi connectivity index (χ1n) is 19.1. The summed E-state index contributed by atoms with van der Waals surface area (Å²) >= 11 is 0. The lowest BCUT2D eigenvalue weighted by atomic mass is 9.82. The van der Waals surface area contributed by atoms with Gasteiger partial charge in [0.2, 0.25) is 0 Å². The van der Waals surface area contributed by atoms with E-state index < -0.39 is 0 Å². The molecule has 0 spiro atoms.